The van der Waals surface area contributed by atoms with Crippen molar-refractivity contribution in [1.82, 2.24) is 15.0 Å². The van der Waals surface area contributed by atoms with Crippen LogP contribution in [0.1, 0.15) is 5.69 Å². The second kappa shape index (κ2) is 3.85. The Labute approximate surface area is 101 Å². The van der Waals surface area contributed by atoms with Gasteiger partial charge in [-0.25, -0.2) is 14.4 Å². The van der Waals surface area contributed by atoms with Crippen molar-refractivity contribution < 1.29 is 4.39 Å². The molecule has 84 valence electrons. The van der Waals surface area contributed by atoms with Gasteiger partial charge in [-0.1, -0.05) is 0 Å². The van der Waals surface area contributed by atoms with Crippen LogP contribution in [-0.4, -0.2) is 15.0 Å². The van der Waals surface area contributed by atoms with Crippen LogP contribution in [0.15, 0.2) is 29.9 Å². The van der Waals surface area contributed by atoms with Crippen LogP contribution in [0.4, 0.5) is 4.39 Å². The van der Waals surface area contributed by atoms with Gasteiger partial charge in [-0.05, 0) is 24.4 Å². The Bertz CT molecular complexity index is 693. The van der Waals surface area contributed by atoms with E-state index in [2.05, 4.69) is 15.0 Å². The molecule has 0 aromatic carbocycles. The number of thiophene rings is 1. The van der Waals surface area contributed by atoms with Gasteiger partial charge in [0.25, 0.3) is 0 Å². The summed E-state index contributed by atoms with van der Waals surface area (Å²) in [5.41, 5.74) is 1.50. The van der Waals surface area contributed by atoms with Crippen LogP contribution in [0.2, 0.25) is 0 Å². The molecule has 3 aromatic rings. The lowest BCUT2D eigenvalue weighted by Gasteiger charge is -2.02. The standard InChI is InChI=1S/C12H8FN3S/c1-7-10-2-3-17-12(10)16-11(15-7)8-4-9(13)6-14-5-8/h2-6H,1H3. The van der Waals surface area contributed by atoms with E-state index in [0.717, 1.165) is 15.9 Å². The minimum Gasteiger partial charge on any atom is -0.261 e. The number of halogens is 1. The number of aryl methyl sites for hydroxylation is 1. The van der Waals surface area contributed by atoms with E-state index in [-0.39, 0.29) is 5.82 Å². The first-order valence-corrected chi connectivity index (χ1v) is 5.95. The highest BCUT2D eigenvalue weighted by Gasteiger charge is 2.08. The molecule has 0 aliphatic carbocycles. The lowest BCUT2D eigenvalue weighted by atomic mass is 10.2. The van der Waals surface area contributed by atoms with E-state index < -0.39 is 0 Å². The molecule has 3 rings (SSSR count). The van der Waals surface area contributed by atoms with Gasteiger partial charge in [0.15, 0.2) is 5.82 Å². The number of pyridine rings is 1. The molecule has 17 heavy (non-hydrogen) atoms. The van der Waals surface area contributed by atoms with Crippen LogP contribution in [0.5, 0.6) is 0 Å². The third kappa shape index (κ3) is 1.78. The summed E-state index contributed by atoms with van der Waals surface area (Å²) in [5.74, 6) is 0.138. The van der Waals surface area contributed by atoms with Crippen LogP contribution in [0, 0.1) is 12.7 Å². The Morgan fingerprint density at radius 1 is 1.24 bits per heavy atom. The summed E-state index contributed by atoms with van der Waals surface area (Å²) >= 11 is 1.55. The van der Waals surface area contributed by atoms with Gasteiger partial charge in [0.1, 0.15) is 10.6 Å². The molecular weight excluding hydrogens is 237 g/mol. The second-order valence-electron chi connectivity index (χ2n) is 3.66. The van der Waals surface area contributed by atoms with Gasteiger partial charge in [0.2, 0.25) is 0 Å². The topological polar surface area (TPSA) is 38.7 Å². The monoisotopic (exact) mass is 245 g/mol. The summed E-state index contributed by atoms with van der Waals surface area (Å²) in [7, 11) is 0. The zero-order valence-corrected chi connectivity index (χ0v) is 9.83. The van der Waals surface area contributed by atoms with Crippen LogP contribution in [-0.2, 0) is 0 Å². The molecule has 0 saturated carbocycles. The summed E-state index contributed by atoms with van der Waals surface area (Å²) in [4.78, 5) is 13.5. The van der Waals surface area contributed by atoms with Crippen molar-refractivity contribution >= 4 is 21.6 Å². The number of hydrogen-bond donors (Lipinski definition) is 0. The first-order valence-electron chi connectivity index (χ1n) is 5.07. The summed E-state index contributed by atoms with van der Waals surface area (Å²) in [6.45, 7) is 1.92. The van der Waals surface area contributed by atoms with Crippen molar-refractivity contribution in [2.24, 2.45) is 0 Å². The third-order valence-corrected chi connectivity index (χ3v) is 3.29. The molecule has 3 aromatic heterocycles. The SMILES string of the molecule is Cc1nc(-c2cncc(F)c2)nc2sccc12. The smallest absolute Gasteiger partial charge is 0.162 e. The Morgan fingerprint density at radius 2 is 2.12 bits per heavy atom. The van der Waals surface area contributed by atoms with Crippen molar-refractivity contribution in [2.45, 2.75) is 6.92 Å². The molecule has 0 aliphatic heterocycles. The van der Waals surface area contributed by atoms with Crippen LogP contribution >= 0.6 is 11.3 Å². The summed E-state index contributed by atoms with van der Waals surface area (Å²) in [6, 6.07) is 3.38. The van der Waals surface area contributed by atoms with Gasteiger partial charge in [-0.3, -0.25) is 4.98 Å². The molecule has 0 N–H and O–H groups in total. The Morgan fingerprint density at radius 3 is 2.94 bits per heavy atom. The van der Waals surface area contributed by atoms with Crippen molar-refractivity contribution in [3.05, 3.63) is 41.4 Å². The second-order valence-corrected chi connectivity index (χ2v) is 4.56. The highest BCUT2D eigenvalue weighted by Crippen LogP contribution is 2.24. The van der Waals surface area contributed by atoms with E-state index in [1.807, 2.05) is 18.4 Å². The van der Waals surface area contributed by atoms with Crippen molar-refractivity contribution in [3.8, 4) is 11.4 Å². The molecule has 0 atom stereocenters. The minimum atomic E-state index is -0.380. The van der Waals surface area contributed by atoms with E-state index in [1.54, 1.807) is 17.5 Å². The molecule has 0 saturated heterocycles. The van der Waals surface area contributed by atoms with Gasteiger partial charge in [0.05, 0.1) is 11.9 Å². The normalized spacial score (nSPS) is 10.9. The van der Waals surface area contributed by atoms with Crippen LogP contribution < -0.4 is 0 Å². The highest BCUT2D eigenvalue weighted by molar-refractivity contribution is 7.16. The van der Waals surface area contributed by atoms with Gasteiger partial charge in [0, 0.05) is 17.1 Å². The Kier molecular flexibility index (Phi) is 2.33. The van der Waals surface area contributed by atoms with Crippen LogP contribution in [0.3, 0.4) is 0 Å². The maximum atomic E-state index is 13.1. The van der Waals surface area contributed by atoms with E-state index >= 15 is 0 Å². The largest absolute Gasteiger partial charge is 0.261 e. The first kappa shape index (κ1) is 10.3. The van der Waals surface area contributed by atoms with Gasteiger partial charge < -0.3 is 0 Å². The average molecular weight is 245 g/mol. The van der Waals surface area contributed by atoms with Gasteiger partial charge in [-0.15, -0.1) is 11.3 Å². The predicted molar refractivity (Wildman–Crippen MR) is 65.3 cm³/mol. The zero-order valence-electron chi connectivity index (χ0n) is 9.01. The minimum absolute atomic E-state index is 0.380. The fourth-order valence-electron chi connectivity index (χ4n) is 1.67. The number of nitrogens with zero attached hydrogens (tertiary/aromatic N) is 3. The molecule has 0 spiro atoms. The lowest BCUT2D eigenvalue weighted by molar-refractivity contribution is 0.622. The summed E-state index contributed by atoms with van der Waals surface area (Å²) < 4.78 is 13.1. The number of fused-ring (bicyclic) bond motifs is 1. The number of aromatic nitrogens is 3. The van der Waals surface area contributed by atoms with E-state index in [0.29, 0.717) is 11.4 Å². The quantitative estimate of drug-likeness (QED) is 0.660. The third-order valence-electron chi connectivity index (χ3n) is 2.48. The molecule has 5 heteroatoms. The van der Waals surface area contributed by atoms with Crippen molar-refractivity contribution in [1.29, 1.82) is 0 Å². The average Bonchev–Trinajstić information content (AvgIpc) is 2.77. The molecule has 0 amide bonds. The maximum absolute atomic E-state index is 13.1. The fourth-order valence-corrected chi connectivity index (χ4v) is 2.48. The highest BCUT2D eigenvalue weighted by atomic mass is 32.1. The fraction of sp³-hybridized carbons (Fsp3) is 0.0833. The van der Waals surface area contributed by atoms with Gasteiger partial charge >= 0.3 is 0 Å². The van der Waals surface area contributed by atoms with E-state index in [1.165, 1.54) is 12.3 Å². The molecule has 0 fully saturated rings. The van der Waals surface area contributed by atoms with Gasteiger partial charge in [-0.2, -0.15) is 0 Å². The molecule has 0 aliphatic rings. The van der Waals surface area contributed by atoms with E-state index in [9.17, 15) is 4.39 Å². The Balaban J connectivity index is 2.23. The molecule has 3 heterocycles. The predicted octanol–water partition coefficient (Wildman–Crippen LogP) is 3.20. The van der Waals surface area contributed by atoms with Crippen LogP contribution in [0.25, 0.3) is 21.6 Å². The molecule has 0 radical (unpaired) electrons. The molecular formula is C12H8FN3S. The lowest BCUT2D eigenvalue weighted by Crippen LogP contribution is -1.93. The number of rotatable bonds is 1. The maximum Gasteiger partial charge on any atom is 0.162 e. The zero-order chi connectivity index (χ0) is 11.8. The molecule has 0 bridgehead atoms. The Hall–Kier alpha value is -1.88. The van der Waals surface area contributed by atoms with Crippen molar-refractivity contribution in [3.63, 3.8) is 0 Å². The van der Waals surface area contributed by atoms with E-state index in [4.69, 9.17) is 0 Å². The van der Waals surface area contributed by atoms with Crippen molar-refractivity contribution in [2.75, 3.05) is 0 Å². The summed E-state index contributed by atoms with van der Waals surface area (Å²) in [5, 5.41) is 3.02. The molecule has 3 nitrogen and oxygen atoms in total. The summed E-state index contributed by atoms with van der Waals surface area (Å²) in [6.07, 6.45) is 2.73. The first-order chi connectivity index (χ1) is 8.24. The number of hydrogen-bond acceptors (Lipinski definition) is 4. The molecule has 0 unspecified atom stereocenters.